The number of aromatic nitrogens is 3. The number of hydrogen-bond acceptors (Lipinski definition) is 6. The molecule has 0 saturated carbocycles. The summed E-state index contributed by atoms with van der Waals surface area (Å²) >= 11 is 1.71. The van der Waals surface area contributed by atoms with Gasteiger partial charge in [-0.3, -0.25) is 9.69 Å². The van der Waals surface area contributed by atoms with Crippen LogP contribution in [0.2, 0.25) is 0 Å². The Morgan fingerprint density at radius 3 is 2.91 bits per heavy atom. The van der Waals surface area contributed by atoms with Crippen molar-refractivity contribution in [1.82, 2.24) is 25.0 Å². The van der Waals surface area contributed by atoms with Crippen LogP contribution in [0.25, 0.3) is 0 Å². The molecule has 2 aromatic heterocycles. The van der Waals surface area contributed by atoms with E-state index in [0.717, 1.165) is 44.2 Å². The van der Waals surface area contributed by atoms with Crippen LogP contribution in [0, 0.1) is 12.3 Å². The maximum Gasteiger partial charge on any atom is 0.255 e. The van der Waals surface area contributed by atoms with Crippen LogP contribution in [-0.4, -0.2) is 57.1 Å². The third kappa shape index (κ3) is 2.86. The lowest BCUT2D eigenvalue weighted by molar-refractivity contribution is 0.0103. The summed E-state index contributed by atoms with van der Waals surface area (Å²) in [7, 11) is 0. The monoisotopic (exact) mass is 329 g/mol. The average Bonchev–Trinajstić information content (AvgIpc) is 3.13. The second-order valence-electron chi connectivity index (χ2n) is 6.61. The van der Waals surface area contributed by atoms with Crippen LogP contribution >= 0.6 is 11.3 Å². The summed E-state index contributed by atoms with van der Waals surface area (Å²) in [6.07, 6.45) is 4.27. The number of carbonyl (C=O) groups excluding carboxylic acids is 1. The van der Waals surface area contributed by atoms with Crippen molar-refractivity contribution in [2.45, 2.75) is 19.9 Å². The number of nitrogens with zero attached hydrogens (tertiary/aromatic N) is 5. The van der Waals surface area contributed by atoms with Crippen molar-refractivity contribution in [3.8, 4) is 0 Å². The van der Waals surface area contributed by atoms with E-state index in [0.29, 0.717) is 5.56 Å². The summed E-state index contributed by atoms with van der Waals surface area (Å²) in [4.78, 5) is 21.3. The van der Waals surface area contributed by atoms with Crippen molar-refractivity contribution >= 4 is 17.2 Å². The Morgan fingerprint density at radius 1 is 1.35 bits per heavy atom. The molecule has 2 aliphatic rings. The molecule has 0 bridgehead atoms. The Bertz CT molecular complexity index is 710. The van der Waals surface area contributed by atoms with Gasteiger partial charge in [0.25, 0.3) is 5.91 Å². The fraction of sp³-hybridized carbons (Fsp3) is 0.500. The van der Waals surface area contributed by atoms with Gasteiger partial charge in [-0.1, -0.05) is 0 Å². The molecule has 2 fully saturated rings. The summed E-state index contributed by atoms with van der Waals surface area (Å²) in [5.41, 5.74) is 2.07. The number of likely N-dealkylation sites (tertiary alicyclic amines) is 2. The van der Waals surface area contributed by atoms with E-state index in [1.54, 1.807) is 29.8 Å². The van der Waals surface area contributed by atoms with E-state index in [9.17, 15) is 4.79 Å². The van der Waals surface area contributed by atoms with Crippen molar-refractivity contribution in [1.29, 1.82) is 0 Å². The van der Waals surface area contributed by atoms with E-state index >= 15 is 0 Å². The molecule has 2 saturated heterocycles. The third-order valence-electron chi connectivity index (χ3n) is 4.74. The number of thiazole rings is 1. The highest BCUT2D eigenvalue weighted by molar-refractivity contribution is 7.09. The van der Waals surface area contributed by atoms with Crippen LogP contribution in [0.4, 0.5) is 0 Å². The van der Waals surface area contributed by atoms with E-state index < -0.39 is 0 Å². The number of hydrogen-bond donors (Lipinski definition) is 0. The van der Waals surface area contributed by atoms with Crippen molar-refractivity contribution in [3.63, 3.8) is 0 Å². The summed E-state index contributed by atoms with van der Waals surface area (Å²) in [6.45, 7) is 6.82. The Balaban J connectivity index is 1.33. The van der Waals surface area contributed by atoms with E-state index in [1.807, 2.05) is 11.8 Å². The lowest BCUT2D eigenvalue weighted by Crippen LogP contribution is -2.59. The van der Waals surface area contributed by atoms with Gasteiger partial charge < -0.3 is 4.90 Å². The number of amides is 1. The molecule has 23 heavy (non-hydrogen) atoms. The highest BCUT2D eigenvalue weighted by Crippen LogP contribution is 2.40. The summed E-state index contributed by atoms with van der Waals surface area (Å²) < 4.78 is 0. The minimum atomic E-state index is 0.0686. The normalized spacial score (nSPS) is 20.0. The Morgan fingerprint density at radius 2 is 2.22 bits per heavy atom. The minimum Gasteiger partial charge on any atom is -0.337 e. The largest absolute Gasteiger partial charge is 0.337 e. The smallest absolute Gasteiger partial charge is 0.255 e. The predicted molar refractivity (Wildman–Crippen MR) is 87.1 cm³/mol. The fourth-order valence-corrected chi connectivity index (χ4v) is 4.24. The van der Waals surface area contributed by atoms with Gasteiger partial charge >= 0.3 is 0 Å². The van der Waals surface area contributed by atoms with Crippen molar-refractivity contribution in [2.24, 2.45) is 5.41 Å². The maximum absolute atomic E-state index is 12.4. The molecule has 0 aromatic carbocycles. The van der Waals surface area contributed by atoms with Crippen LogP contribution in [0.15, 0.2) is 23.8 Å². The summed E-state index contributed by atoms with van der Waals surface area (Å²) in [6, 6.07) is 1.73. The van der Waals surface area contributed by atoms with Crippen LogP contribution in [0.3, 0.4) is 0 Å². The molecule has 2 aliphatic heterocycles. The standard InChI is InChI=1S/C16H19N5OS/c1-12-19-14(8-23-12)7-20-5-3-16(9-20)10-21(11-16)15(22)13-2-4-17-18-6-13/h2,4,6,8H,3,5,7,9-11H2,1H3. The zero-order valence-corrected chi connectivity index (χ0v) is 13.9. The van der Waals surface area contributed by atoms with Gasteiger partial charge in [0.15, 0.2) is 0 Å². The van der Waals surface area contributed by atoms with Crippen LogP contribution in [-0.2, 0) is 6.54 Å². The zero-order valence-electron chi connectivity index (χ0n) is 13.1. The molecule has 7 heteroatoms. The first kappa shape index (κ1) is 14.7. The van der Waals surface area contributed by atoms with E-state index in [2.05, 4.69) is 25.5 Å². The molecule has 0 N–H and O–H groups in total. The van der Waals surface area contributed by atoms with Crippen molar-refractivity contribution in [2.75, 3.05) is 26.2 Å². The first-order valence-electron chi connectivity index (χ1n) is 7.83. The Labute approximate surface area is 139 Å². The molecule has 4 heterocycles. The molecule has 0 unspecified atom stereocenters. The molecule has 2 aromatic rings. The fourth-order valence-electron chi connectivity index (χ4n) is 3.64. The zero-order chi connectivity index (χ0) is 15.9. The molecular weight excluding hydrogens is 310 g/mol. The molecule has 0 atom stereocenters. The van der Waals surface area contributed by atoms with Crippen LogP contribution in [0.1, 0.15) is 27.5 Å². The lowest BCUT2D eigenvalue weighted by atomic mass is 9.79. The average molecular weight is 329 g/mol. The number of carbonyl (C=O) groups is 1. The lowest BCUT2D eigenvalue weighted by Gasteiger charge is -2.48. The second-order valence-corrected chi connectivity index (χ2v) is 7.67. The molecule has 0 aliphatic carbocycles. The highest BCUT2D eigenvalue weighted by Gasteiger charge is 2.49. The van der Waals surface area contributed by atoms with E-state index in [-0.39, 0.29) is 11.3 Å². The van der Waals surface area contributed by atoms with Crippen LogP contribution < -0.4 is 0 Å². The summed E-state index contributed by atoms with van der Waals surface area (Å²) in [5.74, 6) is 0.0686. The van der Waals surface area contributed by atoms with Crippen molar-refractivity contribution < 1.29 is 4.79 Å². The maximum atomic E-state index is 12.4. The predicted octanol–water partition coefficient (Wildman–Crippen LogP) is 1.59. The number of rotatable bonds is 3. The van der Waals surface area contributed by atoms with Gasteiger partial charge in [0.05, 0.1) is 28.7 Å². The van der Waals surface area contributed by atoms with Gasteiger partial charge in [-0.2, -0.15) is 10.2 Å². The first-order valence-corrected chi connectivity index (χ1v) is 8.71. The summed E-state index contributed by atoms with van der Waals surface area (Å²) in [5, 5.41) is 10.8. The molecular formula is C16H19N5OS. The second kappa shape index (κ2) is 5.65. The Kier molecular flexibility index (Phi) is 3.61. The SMILES string of the molecule is Cc1nc(CN2CCC3(C2)CN(C(=O)c2ccnnc2)C3)cs1. The molecule has 6 nitrogen and oxygen atoms in total. The minimum absolute atomic E-state index is 0.0686. The molecule has 120 valence electrons. The van der Waals surface area contributed by atoms with Crippen molar-refractivity contribution in [3.05, 3.63) is 40.1 Å². The number of aryl methyl sites for hydroxylation is 1. The molecule has 4 rings (SSSR count). The van der Waals surface area contributed by atoms with Gasteiger partial charge in [0, 0.05) is 37.0 Å². The third-order valence-corrected chi connectivity index (χ3v) is 5.56. The van der Waals surface area contributed by atoms with Gasteiger partial charge in [0.2, 0.25) is 0 Å². The Hall–Kier alpha value is -1.86. The van der Waals surface area contributed by atoms with Gasteiger partial charge in [-0.15, -0.1) is 11.3 Å². The van der Waals surface area contributed by atoms with Crippen LogP contribution in [0.5, 0.6) is 0 Å². The quantitative estimate of drug-likeness (QED) is 0.856. The molecule has 1 amide bonds. The van der Waals surface area contributed by atoms with Gasteiger partial charge in [-0.05, 0) is 26.0 Å². The molecule has 1 spiro atoms. The first-order chi connectivity index (χ1) is 11.1. The highest BCUT2D eigenvalue weighted by atomic mass is 32.1. The van der Waals surface area contributed by atoms with Gasteiger partial charge in [0.1, 0.15) is 0 Å². The molecule has 0 radical (unpaired) electrons. The topological polar surface area (TPSA) is 62.2 Å². The van der Waals surface area contributed by atoms with E-state index in [4.69, 9.17) is 0 Å². The van der Waals surface area contributed by atoms with E-state index in [1.165, 1.54) is 5.69 Å². The van der Waals surface area contributed by atoms with Gasteiger partial charge in [-0.25, -0.2) is 4.98 Å².